The summed E-state index contributed by atoms with van der Waals surface area (Å²) >= 11 is 3.59. The quantitative estimate of drug-likeness (QED) is 0.693. The summed E-state index contributed by atoms with van der Waals surface area (Å²) in [6, 6.07) is 22.3. The van der Waals surface area contributed by atoms with Crippen molar-refractivity contribution in [1.82, 2.24) is 0 Å². The lowest BCUT2D eigenvalue weighted by atomic mass is 9.77. The van der Waals surface area contributed by atoms with E-state index in [0.29, 0.717) is 5.84 Å². The summed E-state index contributed by atoms with van der Waals surface area (Å²) in [5.74, 6) is 2.02. The number of hydrogen-bond donors (Lipinski definition) is 1. The Bertz CT molecular complexity index is 1060. The lowest BCUT2D eigenvalue weighted by Crippen LogP contribution is -2.25. The van der Waals surface area contributed by atoms with Crippen molar-refractivity contribution in [1.29, 1.82) is 0 Å². The van der Waals surface area contributed by atoms with Crippen LogP contribution in [0.2, 0.25) is 0 Å². The van der Waals surface area contributed by atoms with E-state index in [1.807, 2.05) is 48.5 Å². The monoisotopic (exact) mass is 406 g/mol. The van der Waals surface area contributed by atoms with Crippen LogP contribution < -0.4 is 15.2 Å². The molecule has 5 heteroatoms. The van der Waals surface area contributed by atoms with Crippen LogP contribution in [0.25, 0.3) is 0 Å². The molecule has 3 aromatic rings. The minimum atomic E-state index is -0.717. The van der Waals surface area contributed by atoms with Crippen LogP contribution in [0.5, 0.6) is 11.5 Å². The molecule has 0 radical (unpaired) electrons. The highest BCUT2D eigenvalue weighted by Crippen LogP contribution is 2.48. The van der Waals surface area contributed by atoms with Crippen molar-refractivity contribution in [3.63, 3.8) is 0 Å². The maximum absolute atomic E-state index is 6.33. The molecule has 2 aliphatic rings. The number of nitrogens with zero attached hydrogens (tertiary/aromatic N) is 1. The van der Waals surface area contributed by atoms with Gasteiger partial charge in [-0.15, -0.1) is 0 Å². The van der Waals surface area contributed by atoms with E-state index in [1.54, 1.807) is 0 Å². The first kappa shape index (κ1) is 15.5. The number of fused-ring (bicyclic) bond motifs is 2. The molecule has 0 saturated carbocycles. The first-order valence-electron chi connectivity index (χ1n) is 8.30. The van der Waals surface area contributed by atoms with E-state index in [4.69, 9.17) is 20.2 Å². The summed E-state index contributed by atoms with van der Waals surface area (Å²) in [4.78, 5) is 4.97. The second-order valence-corrected chi connectivity index (χ2v) is 7.25. The maximum Gasteiger partial charge on any atom is 0.231 e. The Morgan fingerprint density at radius 1 is 0.885 bits per heavy atom. The lowest BCUT2D eigenvalue weighted by Gasteiger charge is -2.29. The van der Waals surface area contributed by atoms with E-state index >= 15 is 0 Å². The molecule has 3 aromatic carbocycles. The van der Waals surface area contributed by atoms with E-state index in [1.165, 1.54) is 0 Å². The van der Waals surface area contributed by atoms with Gasteiger partial charge in [-0.05, 0) is 41.0 Å². The van der Waals surface area contributed by atoms with Gasteiger partial charge in [-0.25, -0.2) is 4.99 Å². The van der Waals surface area contributed by atoms with Crippen molar-refractivity contribution in [2.45, 2.75) is 5.54 Å². The topological polar surface area (TPSA) is 56.8 Å². The van der Waals surface area contributed by atoms with Gasteiger partial charge in [-0.2, -0.15) is 0 Å². The SMILES string of the molecule is NC1=NC(c2cccc(Br)c2)(c2ccc3c(c2)OCO3)c2ccccc21. The van der Waals surface area contributed by atoms with Crippen LogP contribution in [-0.4, -0.2) is 12.6 Å². The second-order valence-electron chi connectivity index (χ2n) is 6.33. The first-order chi connectivity index (χ1) is 12.7. The smallest absolute Gasteiger partial charge is 0.231 e. The average Bonchev–Trinajstić information content (AvgIpc) is 3.25. The van der Waals surface area contributed by atoms with Gasteiger partial charge < -0.3 is 15.2 Å². The highest BCUT2D eigenvalue weighted by atomic mass is 79.9. The highest BCUT2D eigenvalue weighted by Gasteiger charge is 2.43. The van der Waals surface area contributed by atoms with E-state index < -0.39 is 5.54 Å². The van der Waals surface area contributed by atoms with Gasteiger partial charge in [-0.3, -0.25) is 0 Å². The molecular formula is C21H15BrN2O2. The average molecular weight is 407 g/mol. The van der Waals surface area contributed by atoms with Gasteiger partial charge in [0.1, 0.15) is 11.4 Å². The van der Waals surface area contributed by atoms with E-state index in [0.717, 1.165) is 38.2 Å². The summed E-state index contributed by atoms with van der Waals surface area (Å²) in [6.07, 6.45) is 0. The Kier molecular flexibility index (Phi) is 3.34. The van der Waals surface area contributed by atoms with Gasteiger partial charge in [0.2, 0.25) is 6.79 Å². The van der Waals surface area contributed by atoms with Crippen molar-refractivity contribution < 1.29 is 9.47 Å². The van der Waals surface area contributed by atoms with Gasteiger partial charge in [0.05, 0.1) is 0 Å². The molecule has 2 aliphatic heterocycles. The molecule has 128 valence electrons. The number of hydrogen-bond acceptors (Lipinski definition) is 4. The van der Waals surface area contributed by atoms with Crippen molar-refractivity contribution in [3.05, 3.63) is 93.5 Å². The predicted molar refractivity (Wildman–Crippen MR) is 104 cm³/mol. The van der Waals surface area contributed by atoms with E-state index in [-0.39, 0.29) is 6.79 Å². The van der Waals surface area contributed by atoms with E-state index in [9.17, 15) is 0 Å². The van der Waals surface area contributed by atoms with Crippen LogP contribution in [0, 0.1) is 0 Å². The van der Waals surface area contributed by atoms with Crippen LogP contribution in [0.1, 0.15) is 22.3 Å². The first-order valence-corrected chi connectivity index (χ1v) is 9.09. The molecule has 1 atom stereocenters. The fourth-order valence-corrected chi connectivity index (χ4v) is 4.16. The molecule has 0 saturated heterocycles. The van der Waals surface area contributed by atoms with Crippen molar-refractivity contribution in [2.24, 2.45) is 10.7 Å². The zero-order valence-electron chi connectivity index (χ0n) is 13.8. The predicted octanol–water partition coefficient (Wildman–Crippen LogP) is 4.19. The summed E-state index contributed by atoms with van der Waals surface area (Å²) in [5, 5.41) is 0. The Balaban J connectivity index is 1.84. The summed E-state index contributed by atoms with van der Waals surface area (Å²) in [7, 11) is 0. The third-order valence-corrected chi connectivity index (χ3v) is 5.41. The molecule has 0 aliphatic carbocycles. The molecule has 26 heavy (non-hydrogen) atoms. The van der Waals surface area contributed by atoms with Crippen LogP contribution >= 0.6 is 15.9 Å². The Hall–Kier alpha value is -2.79. The molecule has 0 spiro atoms. The molecular weight excluding hydrogens is 392 g/mol. The van der Waals surface area contributed by atoms with Crippen LogP contribution in [0.15, 0.2) is 76.2 Å². The van der Waals surface area contributed by atoms with Gasteiger partial charge in [0.15, 0.2) is 11.5 Å². The zero-order chi connectivity index (χ0) is 17.7. The van der Waals surface area contributed by atoms with Crippen molar-refractivity contribution in [3.8, 4) is 11.5 Å². The third-order valence-electron chi connectivity index (χ3n) is 4.91. The Labute approximate surface area is 159 Å². The number of nitrogens with two attached hydrogens (primary N) is 1. The summed E-state index contributed by atoms with van der Waals surface area (Å²) in [6.45, 7) is 0.241. The number of ether oxygens (including phenoxy) is 2. The number of halogens is 1. The Morgan fingerprint density at radius 2 is 1.69 bits per heavy atom. The molecule has 0 fully saturated rings. The van der Waals surface area contributed by atoms with Gasteiger partial charge in [-0.1, -0.05) is 58.4 Å². The minimum Gasteiger partial charge on any atom is -0.454 e. The normalized spacial score (nSPS) is 20.0. The lowest BCUT2D eigenvalue weighted by molar-refractivity contribution is 0.174. The molecule has 1 unspecified atom stereocenters. The fourth-order valence-electron chi connectivity index (χ4n) is 3.76. The molecule has 0 amide bonds. The Morgan fingerprint density at radius 3 is 2.58 bits per heavy atom. The van der Waals surface area contributed by atoms with Crippen LogP contribution in [0.4, 0.5) is 0 Å². The van der Waals surface area contributed by atoms with Crippen LogP contribution in [-0.2, 0) is 5.54 Å². The number of benzene rings is 3. The third kappa shape index (κ3) is 2.10. The van der Waals surface area contributed by atoms with Gasteiger partial charge >= 0.3 is 0 Å². The van der Waals surface area contributed by atoms with Gasteiger partial charge in [0.25, 0.3) is 0 Å². The molecule has 5 rings (SSSR count). The molecule has 2 N–H and O–H groups in total. The summed E-state index contributed by atoms with van der Waals surface area (Å²) in [5.41, 5.74) is 9.67. The minimum absolute atomic E-state index is 0.241. The fraction of sp³-hybridized carbons (Fsp3) is 0.0952. The number of aliphatic imine (C=N–C) groups is 1. The molecule has 0 aromatic heterocycles. The number of amidine groups is 1. The summed E-state index contributed by atoms with van der Waals surface area (Å²) < 4.78 is 12.1. The highest BCUT2D eigenvalue weighted by molar-refractivity contribution is 9.10. The maximum atomic E-state index is 6.33. The molecule has 4 nitrogen and oxygen atoms in total. The molecule has 2 heterocycles. The largest absolute Gasteiger partial charge is 0.454 e. The standard InChI is InChI=1S/C21H15BrN2O2/c22-15-5-3-4-13(10-15)21(14-8-9-18-19(11-14)26-12-25-18)17-7-2-1-6-16(17)20(23)24-21/h1-11H,12H2,(H2,23,24). The molecule has 0 bridgehead atoms. The second kappa shape index (κ2) is 5.61. The van der Waals surface area contributed by atoms with Crippen LogP contribution in [0.3, 0.4) is 0 Å². The van der Waals surface area contributed by atoms with Crippen molar-refractivity contribution in [2.75, 3.05) is 6.79 Å². The number of rotatable bonds is 2. The van der Waals surface area contributed by atoms with Gasteiger partial charge in [0, 0.05) is 10.0 Å². The van der Waals surface area contributed by atoms with Crippen molar-refractivity contribution >= 4 is 21.8 Å². The van der Waals surface area contributed by atoms with E-state index in [2.05, 4.69) is 34.1 Å². The zero-order valence-corrected chi connectivity index (χ0v) is 15.4.